The van der Waals surface area contributed by atoms with E-state index in [2.05, 4.69) is 4.98 Å². The molecule has 25 heavy (non-hydrogen) atoms. The van der Waals surface area contributed by atoms with Gasteiger partial charge in [-0.3, -0.25) is 14.9 Å². The molecule has 3 aromatic rings. The van der Waals surface area contributed by atoms with Gasteiger partial charge in [0.05, 0.1) is 35.3 Å². The summed E-state index contributed by atoms with van der Waals surface area (Å²) in [7, 11) is 0. The molecule has 0 saturated carbocycles. The summed E-state index contributed by atoms with van der Waals surface area (Å²) in [5.74, 6) is 0.532. The maximum Gasteiger partial charge on any atom is 0.270 e. The zero-order chi connectivity index (χ0) is 17.4. The third-order valence-electron chi connectivity index (χ3n) is 4.06. The molecule has 0 fully saturated rings. The number of rotatable bonds is 3. The molecule has 1 aromatic heterocycles. The maximum atomic E-state index is 12.3. The summed E-state index contributed by atoms with van der Waals surface area (Å²) in [4.78, 5) is 27.2. The molecule has 0 atom stereocenters. The normalized spacial score (nSPS) is 13.3. The van der Waals surface area contributed by atoms with E-state index in [4.69, 9.17) is 9.47 Å². The highest BCUT2D eigenvalue weighted by Gasteiger charge is 2.21. The van der Waals surface area contributed by atoms with Crippen LogP contribution in [0.4, 0.5) is 5.69 Å². The maximum absolute atomic E-state index is 12.3. The smallest absolute Gasteiger partial charge is 0.270 e. The van der Waals surface area contributed by atoms with Gasteiger partial charge in [-0.2, -0.15) is 0 Å². The second-order valence-corrected chi connectivity index (χ2v) is 5.63. The highest BCUT2D eigenvalue weighted by Crippen LogP contribution is 2.33. The number of hydrogen-bond acceptors (Lipinski definition) is 6. The predicted molar refractivity (Wildman–Crippen MR) is 88.5 cm³/mol. The fourth-order valence-corrected chi connectivity index (χ4v) is 2.95. The predicted octanol–water partition coefficient (Wildman–Crippen LogP) is 2.22. The Morgan fingerprint density at radius 2 is 2.12 bits per heavy atom. The van der Waals surface area contributed by atoms with E-state index in [1.807, 2.05) is 12.1 Å². The van der Waals surface area contributed by atoms with Crippen LogP contribution < -0.4 is 10.3 Å². The van der Waals surface area contributed by atoms with Gasteiger partial charge in [0.25, 0.3) is 11.2 Å². The monoisotopic (exact) mass is 339 g/mol. The number of fused-ring (bicyclic) bond motifs is 2. The van der Waals surface area contributed by atoms with Crippen molar-refractivity contribution in [3.8, 4) is 5.75 Å². The molecule has 4 rings (SSSR count). The van der Waals surface area contributed by atoms with Crippen LogP contribution in [0.5, 0.6) is 5.75 Å². The standard InChI is InChI=1S/C17H13N3O5/c21-16-7-18-14-3-1-2-4-15(14)19(16)8-11-5-13(20(22)23)6-12-9-24-10-25-17(11)12/h1-7H,8-10H2. The molecular weight excluding hydrogens is 326 g/mol. The second-order valence-electron chi connectivity index (χ2n) is 5.63. The Balaban J connectivity index is 1.89. The first kappa shape index (κ1) is 15.3. The third-order valence-corrected chi connectivity index (χ3v) is 4.06. The van der Waals surface area contributed by atoms with E-state index >= 15 is 0 Å². The first-order chi connectivity index (χ1) is 12.1. The van der Waals surface area contributed by atoms with Crippen LogP contribution in [0.2, 0.25) is 0 Å². The van der Waals surface area contributed by atoms with Crippen LogP contribution >= 0.6 is 0 Å². The molecule has 0 spiro atoms. The Bertz CT molecular complexity index is 1040. The molecule has 126 valence electrons. The van der Waals surface area contributed by atoms with Crippen molar-refractivity contribution in [2.24, 2.45) is 0 Å². The number of aromatic nitrogens is 2. The van der Waals surface area contributed by atoms with Gasteiger partial charge in [-0.1, -0.05) is 12.1 Å². The summed E-state index contributed by atoms with van der Waals surface area (Å²) in [6.45, 7) is 0.450. The van der Waals surface area contributed by atoms with E-state index in [1.165, 1.54) is 22.9 Å². The molecule has 1 aliphatic rings. The highest BCUT2D eigenvalue weighted by molar-refractivity contribution is 5.74. The lowest BCUT2D eigenvalue weighted by Crippen LogP contribution is -2.22. The van der Waals surface area contributed by atoms with Crippen LogP contribution in [0.15, 0.2) is 47.4 Å². The minimum Gasteiger partial charge on any atom is -0.467 e. The van der Waals surface area contributed by atoms with Crippen LogP contribution in [0.3, 0.4) is 0 Å². The molecule has 0 bridgehead atoms. The largest absolute Gasteiger partial charge is 0.467 e. The van der Waals surface area contributed by atoms with Crippen LogP contribution in [0.1, 0.15) is 11.1 Å². The van der Waals surface area contributed by atoms with Gasteiger partial charge in [0.15, 0.2) is 6.79 Å². The van der Waals surface area contributed by atoms with Gasteiger partial charge in [0.1, 0.15) is 5.75 Å². The molecule has 8 nitrogen and oxygen atoms in total. The molecule has 2 heterocycles. The number of hydrogen-bond donors (Lipinski definition) is 0. The van der Waals surface area contributed by atoms with E-state index in [1.54, 1.807) is 12.1 Å². The Morgan fingerprint density at radius 3 is 2.96 bits per heavy atom. The summed E-state index contributed by atoms with van der Waals surface area (Å²) >= 11 is 0. The second kappa shape index (κ2) is 5.99. The molecule has 0 unspecified atom stereocenters. The van der Waals surface area contributed by atoms with Crippen LogP contribution in [0, 0.1) is 10.1 Å². The first-order valence-corrected chi connectivity index (χ1v) is 7.59. The van der Waals surface area contributed by atoms with Gasteiger partial charge >= 0.3 is 0 Å². The molecule has 0 amide bonds. The van der Waals surface area contributed by atoms with Gasteiger partial charge < -0.3 is 14.0 Å². The Morgan fingerprint density at radius 1 is 1.28 bits per heavy atom. The third kappa shape index (κ3) is 2.72. The summed E-state index contributed by atoms with van der Waals surface area (Å²) in [5.41, 5.74) is 2.14. The number of nitrogens with zero attached hydrogens (tertiary/aromatic N) is 3. The number of para-hydroxylation sites is 2. The van der Waals surface area contributed by atoms with Crippen molar-refractivity contribution >= 4 is 16.7 Å². The zero-order valence-electron chi connectivity index (χ0n) is 13.0. The van der Waals surface area contributed by atoms with Crippen molar-refractivity contribution in [1.82, 2.24) is 9.55 Å². The van der Waals surface area contributed by atoms with Crippen LogP contribution in [-0.4, -0.2) is 21.3 Å². The molecule has 2 aromatic carbocycles. The quantitative estimate of drug-likeness (QED) is 0.536. The van der Waals surface area contributed by atoms with Crippen molar-refractivity contribution in [3.63, 3.8) is 0 Å². The van der Waals surface area contributed by atoms with Gasteiger partial charge in [-0.25, -0.2) is 4.98 Å². The molecular formula is C17H13N3O5. The Labute approximate surface area is 141 Å². The lowest BCUT2D eigenvalue weighted by atomic mass is 10.1. The van der Waals surface area contributed by atoms with Crippen molar-refractivity contribution in [2.45, 2.75) is 13.2 Å². The molecule has 0 saturated heterocycles. The number of non-ortho nitro benzene ring substituents is 1. The van der Waals surface area contributed by atoms with Gasteiger partial charge in [-0.15, -0.1) is 0 Å². The van der Waals surface area contributed by atoms with Gasteiger partial charge in [0, 0.05) is 23.3 Å². The van der Waals surface area contributed by atoms with Crippen LogP contribution in [-0.2, 0) is 17.9 Å². The summed E-state index contributed by atoms with van der Waals surface area (Å²) in [6, 6.07) is 10.1. The SMILES string of the molecule is O=c1cnc2ccccc2n1Cc1cc([N+](=O)[O-])cc2c1OCOC2. The average Bonchev–Trinajstić information content (AvgIpc) is 2.63. The minimum atomic E-state index is -0.466. The number of ether oxygens (including phenoxy) is 2. The molecule has 1 aliphatic heterocycles. The van der Waals surface area contributed by atoms with E-state index < -0.39 is 4.92 Å². The zero-order valence-corrected chi connectivity index (χ0v) is 13.0. The van der Waals surface area contributed by atoms with Crippen LogP contribution in [0.25, 0.3) is 11.0 Å². The van der Waals surface area contributed by atoms with E-state index in [-0.39, 0.29) is 31.2 Å². The van der Waals surface area contributed by atoms with E-state index in [0.29, 0.717) is 27.9 Å². The minimum absolute atomic E-state index is 0.0609. The molecule has 0 N–H and O–H groups in total. The summed E-state index contributed by atoms with van der Waals surface area (Å²) in [5, 5.41) is 11.2. The summed E-state index contributed by atoms with van der Waals surface area (Å²) in [6.07, 6.45) is 1.25. The number of benzene rings is 2. The molecule has 8 heteroatoms. The van der Waals surface area contributed by atoms with E-state index in [9.17, 15) is 14.9 Å². The Hall–Kier alpha value is -3.26. The highest BCUT2D eigenvalue weighted by atomic mass is 16.7. The van der Waals surface area contributed by atoms with Gasteiger partial charge in [0.2, 0.25) is 0 Å². The topological polar surface area (TPSA) is 96.5 Å². The molecule has 0 aliphatic carbocycles. The lowest BCUT2D eigenvalue weighted by Gasteiger charge is -2.21. The first-order valence-electron chi connectivity index (χ1n) is 7.59. The van der Waals surface area contributed by atoms with Crippen molar-refractivity contribution in [1.29, 1.82) is 0 Å². The van der Waals surface area contributed by atoms with Crippen molar-refractivity contribution in [2.75, 3.05) is 6.79 Å². The average molecular weight is 339 g/mol. The van der Waals surface area contributed by atoms with Crippen molar-refractivity contribution in [3.05, 3.63) is 74.2 Å². The fourth-order valence-electron chi connectivity index (χ4n) is 2.95. The molecule has 0 radical (unpaired) electrons. The summed E-state index contributed by atoms with van der Waals surface area (Å²) < 4.78 is 12.3. The number of nitro groups is 1. The van der Waals surface area contributed by atoms with Crippen molar-refractivity contribution < 1.29 is 14.4 Å². The lowest BCUT2D eigenvalue weighted by molar-refractivity contribution is -0.385. The Kier molecular flexibility index (Phi) is 3.66. The van der Waals surface area contributed by atoms with Gasteiger partial charge in [-0.05, 0) is 12.1 Å². The van der Waals surface area contributed by atoms with E-state index in [0.717, 1.165) is 0 Å². The fraction of sp³-hybridized carbons (Fsp3) is 0.176. The number of nitro benzene ring substituents is 1.